The maximum atomic E-state index is 10.6. The van der Waals surface area contributed by atoms with E-state index in [9.17, 15) is 4.79 Å². The van der Waals surface area contributed by atoms with Gasteiger partial charge in [0.05, 0.1) is 6.54 Å². The van der Waals surface area contributed by atoms with Crippen LogP contribution < -0.4 is 0 Å². The van der Waals surface area contributed by atoms with Crippen LogP contribution in [0.3, 0.4) is 0 Å². The van der Waals surface area contributed by atoms with Crippen molar-refractivity contribution in [3.63, 3.8) is 0 Å². The minimum absolute atomic E-state index is 0.104. The smallest absolute Gasteiger partial charge is 0.244 e. The lowest BCUT2D eigenvalue weighted by Crippen LogP contribution is -2.33. The first-order chi connectivity index (χ1) is 4.80. The fourth-order valence-corrected chi connectivity index (χ4v) is 0.545. The summed E-state index contributed by atoms with van der Waals surface area (Å²) in [7, 11) is 1.77. The molecule has 0 radical (unpaired) electrons. The number of hydrogen-bond donors (Lipinski definition) is 0. The molecule has 3 heteroatoms. The number of nitrogens with zero attached hydrogens (tertiary/aromatic N) is 2. The second kappa shape index (κ2) is 4.97. The van der Waals surface area contributed by atoms with E-state index in [-0.39, 0.29) is 5.91 Å². The van der Waals surface area contributed by atoms with Crippen molar-refractivity contribution in [2.24, 2.45) is 4.99 Å². The number of carbonyl (C=O) groups excluding carboxylic acids is 1. The fraction of sp³-hybridized carbons (Fsp3) is 0.714. The highest BCUT2D eigenvalue weighted by molar-refractivity contribution is 5.84. The monoisotopic (exact) mass is 142 g/mol. The third-order valence-corrected chi connectivity index (χ3v) is 1.14. The van der Waals surface area contributed by atoms with Gasteiger partial charge in [0.2, 0.25) is 5.91 Å². The molecule has 0 aliphatic carbocycles. The lowest BCUT2D eigenvalue weighted by molar-refractivity contribution is -0.128. The largest absolute Gasteiger partial charge is 0.339 e. The van der Waals surface area contributed by atoms with Gasteiger partial charge in [-0.25, -0.2) is 0 Å². The topological polar surface area (TPSA) is 32.7 Å². The third-order valence-electron chi connectivity index (χ3n) is 1.14. The molecule has 1 aliphatic rings. The molecule has 0 aromatic heterocycles. The lowest BCUT2D eigenvalue weighted by atomic mass is 10.4. The van der Waals surface area contributed by atoms with Gasteiger partial charge in [-0.2, -0.15) is 0 Å². The molecule has 0 bridgehead atoms. The van der Waals surface area contributed by atoms with E-state index in [2.05, 4.69) is 4.99 Å². The summed E-state index contributed by atoms with van der Waals surface area (Å²) in [5.74, 6) is 0.104. The summed E-state index contributed by atoms with van der Waals surface area (Å²) in [6, 6.07) is 0. The first-order valence-electron chi connectivity index (χ1n) is 3.53. The molecule has 3 nitrogen and oxygen atoms in total. The van der Waals surface area contributed by atoms with Gasteiger partial charge in [-0.1, -0.05) is 13.8 Å². The Hall–Kier alpha value is -0.860. The number of amides is 1. The Labute approximate surface area is 61.7 Å². The van der Waals surface area contributed by atoms with E-state index in [0.29, 0.717) is 13.1 Å². The molecule has 0 unspecified atom stereocenters. The minimum Gasteiger partial charge on any atom is -0.339 e. The zero-order valence-corrected chi connectivity index (χ0v) is 6.79. The van der Waals surface area contributed by atoms with Crippen molar-refractivity contribution in [3.05, 3.63) is 0 Å². The fourth-order valence-electron chi connectivity index (χ4n) is 0.545. The van der Waals surface area contributed by atoms with Crippen molar-refractivity contribution in [3.8, 4) is 0 Å². The number of rotatable bonds is 0. The van der Waals surface area contributed by atoms with Crippen LogP contribution in [0.5, 0.6) is 0 Å². The molecule has 0 spiro atoms. The van der Waals surface area contributed by atoms with Gasteiger partial charge in [-0.15, -0.1) is 0 Å². The molecule has 0 aromatic rings. The maximum Gasteiger partial charge on any atom is 0.244 e. The van der Waals surface area contributed by atoms with E-state index >= 15 is 0 Å². The van der Waals surface area contributed by atoms with E-state index in [4.69, 9.17) is 0 Å². The Morgan fingerprint density at radius 3 is 2.50 bits per heavy atom. The molecule has 58 valence electrons. The SMILES string of the molecule is CC.CN1CC=NCC1=O. The standard InChI is InChI=1S/C5H8N2O.C2H6/c1-7-3-2-6-4-5(7)8;1-2/h2H,3-4H2,1H3;1-2H3. The van der Waals surface area contributed by atoms with Crippen LogP contribution in [0.2, 0.25) is 0 Å². The number of hydrogen-bond acceptors (Lipinski definition) is 2. The number of carbonyl (C=O) groups is 1. The van der Waals surface area contributed by atoms with E-state index in [1.54, 1.807) is 18.2 Å². The van der Waals surface area contributed by atoms with Gasteiger partial charge in [0.15, 0.2) is 0 Å². The summed E-state index contributed by atoms with van der Waals surface area (Å²) in [5, 5.41) is 0. The predicted molar refractivity (Wildman–Crippen MR) is 42.3 cm³/mol. The van der Waals surface area contributed by atoms with Crippen LogP contribution in [0.15, 0.2) is 4.99 Å². The van der Waals surface area contributed by atoms with Crippen molar-refractivity contribution in [1.29, 1.82) is 0 Å². The third kappa shape index (κ3) is 2.62. The molecule has 0 saturated carbocycles. The van der Waals surface area contributed by atoms with Gasteiger partial charge in [-0.3, -0.25) is 9.79 Å². The van der Waals surface area contributed by atoms with Crippen LogP contribution in [0.1, 0.15) is 13.8 Å². The second-order valence-corrected chi connectivity index (χ2v) is 1.80. The summed E-state index contributed by atoms with van der Waals surface area (Å²) in [4.78, 5) is 16.0. The minimum atomic E-state index is 0.104. The first-order valence-corrected chi connectivity index (χ1v) is 3.53. The highest BCUT2D eigenvalue weighted by Crippen LogP contribution is 1.88. The van der Waals surface area contributed by atoms with Crippen molar-refractivity contribution in [1.82, 2.24) is 4.90 Å². The molecule has 0 atom stereocenters. The van der Waals surface area contributed by atoms with Crippen LogP contribution >= 0.6 is 0 Å². The summed E-state index contributed by atoms with van der Waals surface area (Å²) >= 11 is 0. The lowest BCUT2D eigenvalue weighted by Gasteiger charge is -2.15. The molecule has 1 heterocycles. The summed E-state index contributed by atoms with van der Waals surface area (Å²) < 4.78 is 0. The molecule has 0 aromatic carbocycles. The second-order valence-electron chi connectivity index (χ2n) is 1.80. The highest BCUT2D eigenvalue weighted by Gasteiger charge is 2.08. The Kier molecular flexibility index (Phi) is 4.54. The van der Waals surface area contributed by atoms with E-state index < -0.39 is 0 Å². The summed E-state index contributed by atoms with van der Waals surface area (Å²) in [6.45, 7) is 5.00. The van der Waals surface area contributed by atoms with Gasteiger partial charge in [0.1, 0.15) is 6.54 Å². The molecule has 1 rings (SSSR count). The molecule has 0 saturated heterocycles. The first kappa shape index (κ1) is 9.14. The molecule has 1 amide bonds. The molecule has 0 fully saturated rings. The van der Waals surface area contributed by atoms with Gasteiger partial charge in [-0.05, 0) is 0 Å². The normalized spacial score (nSPS) is 16.3. The maximum absolute atomic E-state index is 10.6. The van der Waals surface area contributed by atoms with E-state index in [1.165, 1.54) is 0 Å². The quantitative estimate of drug-likeness (QED) is 0.486. The van der Waals surface area contributed by atoms with Crippen LogP contribution in [0.4, 0.5) is 0 Å². The van der Waals surface area contributed by atoms with Crippen molar-refractivity contribution in [2.75, 3.05) is 20.1 Å². The van der Waals surface area contributed by atoms with E-state index in [1.807, 2.05) is 13.8 Å². The van der Waals surface area contributed by atoms with Crippen molar-refractivity contribution >= 4 is 12.1 Å². The van der Waals surface area contributed by atoms with Gasteiger partial charge >= 0.3 is 0 Å². The molecular weight excluding hydrogens is 128 g/mol. The van der Waals surface area contributed by atoms with Gasteiger partial charge in [0.25, 0.3) is 0 Å². The zero-order chi connectivity index (χ0) is 7.98. The molecule has 0 N–H and O–H groups in total. The van der Waals surface area contributed by atoms with Crippen LogP contribution in [0, 0.1) is 0 Å². The van der Waals surface area contributed by atoms with E-state index in [0.717, 1.165) is 0 Å². The Bertz CT molecular complexity index is 132. The Morgan fingerprint density at radius 2 is 2.20 bits per heavy atom. The molecular formula is C7H14N2O. The Morgan fingerprint density at radius 1 is 1.60 bits per heavy atom. The zero-order valence-electron chi connectivity index (χ0n) is 6.79. The highest BCUT2D eigenvalue weighted by atomic mass is 16.2. The van der Waals surface area contributed by atoms with Crippen molar-refractivity contribution in [2.45, 2.75) is 13.8 Å². The van der Waals surface area contributed by atoms with Crippen LogP contribution in [-0.2, 0) is 4.79 Å². The summed E-state index contributed by atoms with van der Waals surface area (Å²) in [6.07, 6.45) is 1.75. The average Bonchev–Trinajstić information content (AvgIpc) is 2.00. The average molecular weight is 142 g/mol. The van der Waals surface area contributed by atoms with Crippen LogP contribution in [-0.4, -0.2) is 37.2 Å². The van der Waals surface area contributed by atoms with Gasteiger partial charge < -0.3 is 4.90 Å². The number of aliphatic imine (C=N–C) groups is 1. The van der Waals surface area contributed by atoms with Crippen LogP contribution in [0.25, 0.3) is 0 Å². The number of likely N-dealkylation sites (N-methyl/N-ethyl adjacent to an activating group) is 1. The van der Waals surface area contributed by atoms with Crippen molar-refractivity contribution < 1.29 is 4.79 Å². The Balaban J connectivity index is 0.000000371. The molecule has 10 heavy (non-hydrogen) atoms. The molecule has 1 aliphatic heterocycles. The van der Waals surface area contributed by atoms with Gasteiger partial charge in [0, 0.05) is 13.3 Å². The predicted octanol–water partition coefficient (Wildman–Crippen LogP) is 0.555. The summed E-state index contributed by atoms with van der Waals surface area (Å²) in [5.41, 5.74) is 0.